The van der Waals surface area contributed by atoms with E-state index in [0.717, 1.165) is 25.1 Å². The van der Waals surface area contributed by atoms with Gasteiger partial charge in [0.05, 0.1) is 6.61 Å². The standard InChI is InChI=1S/C18H22N2O/c1-21-12-14-4-2-3-13(9-14)11-20-18-8-5-15-10-16(19)6-7-17(15)18/h2-4,6-7,9-10,18,20H,5,8,11-12,19H2,1H3. The average molecular weight is 282 g/mol. The second-order valence-electron chi connectivity index (χ2n) is 5.68. The molecular weight excluding hydrogens is 260 g/mol. The van der Waals surface area contributed by atoms with Gasteiger partial charge in [0.25, 0.3) is 0 Å². The van der Waals surface area contributed by atoms with Crippen LogP contribution in [0.25, 0.3) is 0 Å². The van der Waals surface area contributed by atoms with Gasteiger partial charge in [-0.25, -0.2) is 0 Å². The molecule has 0 saturated carbocycles. The number of ether oxygens (including phenoxy) is 1. The van der Waals surface area contributed by atoms with Crippen molar-refractivity contribution in [1.29, 1.82) is 0 Å². The van der Waals surface area contributed by atoms with Crippen LogP contribution in [0.3, 0.4) is 0 Å². The third-order valence-electron chi connectivity index (χ3n) is 4.10. The van der Waals surface area contributed by atoms with Gasteiger partial charge in [-0.3, -0.25) is 0 Å². The molecule has 1 aliphatic carbocycles. The fourth-order valence-corrected chi connectivity index (χ4v) is 3.09. The molecule has 1 atom stereocenters. The first kappa shape index (κ1) is 14.1. The fourth-order valence-electron chi connectivity index (χ4n) is 3.09. The van der Waals surface area contributed by atoms with Crippen molar-refractivity contribution in [2.75, 3.05) is 12.8 Å². The predicted octanol–water partition coefficient (Wildman–Crippen LogP) is 3.19. The number of anilines is 1. The molecule has 0 aromatic heterocycles. The number of hydrogen-bond donors (Lipinski definition) is 2. The molecule has 1 unspecified atom stereocenters. The zero-order valence-corrected chi connectivity index (χ0v) is 12.4. The Morgan fingerprint density at radius 2 is 2.05 bits per heavy atom. The van der Waals surface area contributed by atoms with Crippen LogP contribution in [-0.2, 0) is 24.3 Å². The van der Waals surface area contributed by atoms with Crippen molar-refractivity contribution < 1.29 is 4.74 Å². The molecule has 1 aliphatic rings. The lowest BCUT2D eigenvalue weighted by molar-refractivity contribution is 0.185. The monoisotopic (exact) mass is 282 g/mol. The Morgan fingerprint density at radius 3 is 2.90 bits per heavy atom. The van der Waals surface area contributed by atoms with Crippen molar-refractivity contribution in [1.82, 2.24) is 5.32 Å². The molecule has 21 heavy (non-hydrogen) atoms. The molecule has 0 spiro atoms. The Labute approximate surface area is 126 Å². The number of hydrogen-bond acceptors (Lipinski definition) is 3. The highest BCUT2D eigenvalue weighted by molar-refractivity contribution is 5.47. The number of nitrogens with two attached hydrogens (primary N) is 1. The third-order valence-corrected chi connectivity index (χ3v) is 4.10. The number of nitrogens with one attached hydrogen (secondary N) is 1. The van der Waals surface area contributed by atoms with E-state index in [2.05, 4.69) is 41.7 Å². The Kier molecular flexibility index (Phi) is 4.23. The van der Waals surface area contributed by atoms with Crippen molar-refractivity contribution in [3.8, 4) is 0 Å². The summed E-state index contributed by atoms with van der Waals surface area (Å²) in [5, 5.41) is 3.66. The predicted molar refractivity (Wildman–Crippen MR) is 85.9 cm³/mol. The second-order valence-corrected chi connectivity index (χ2v) is 5.68. The Hall–Kier alpha value is -1.84. The highest BCUT2D eigenvalue weighted by atomic mass is 16.5. The van der Waals surface area contributed by atoms with Crippen molar-refractivity contribution in [3.63, 3.8) is 0 Å². The van der Waals surface area contributed by atoms with Gasteiger partial charge >= 0.3 is 0 Å². The summed E-state index contributed by atoms with van der Waals surface area (Å²) in [4.78, 5) is 0. The summed E-state index contributed by atoms with van der Waals surface area (Å²) in [6.07, 6.45) is 2.26. The van der Waals surface area contributed by atoms with Crippen molar-refractivity contribution in [2.24, 2.45) is 0 Å². The zero-order chi connectivity index (χ0) is 14.7. The summed E-state index contributed by atoms with van der Waals surface area (Å²) >= 11 is 0. The molecule has 3 rings (SSSR count). The number of benzene rings is 2. The van der Waals surface area contributed by atoms with Crippen LogP contribution in [0.2, 0.25) is 0 Å². The fraction of sp³-hybridized carbons (Fsp3) is 0.333. The summed E-state index contributed by atoms with van der Waals surface area (Å²) in [5.41, 5.74) is 12.0. The van der Waals surface area contributed by atoms with Crippen LogP contribution in [0, 0.1) is 0 Å². The number of rotatable bonds is 5. The number of methoxy groups -OCH3 is 1. The van der Waals surface area contributed by atoms with Gasteiger partial charge in [-0.2, -0.15) is 0 Å². The first-order chi connectivity index (χ1) is 10.3. The van der Waals surface area contributed by atoms with Gasteiger partial charge in [-0.15, -0.1) is 0 Å². The SMILES string of the molecule is COCc1cccc(CNC2CCc3cc(N)ccc32)c1. The molecule has 0 fully saturated rings. The van der Waals surface area contributed by atoms with Gasteiger partial charge in [-0.05, 0) is 47.2 Å². The third kappa shape index (κ3) is 3.26. The molecular formula is C18H22N2O. The Morgan fingerprint density at radius 1 is 1.19 bits per heavy atom. The van der Waals surface area contributed by atoms with Crippen LogP contribution < -0.4 is 11.1 Å². The summed E-state index contributed by atoms with van der Waals surface area (Å²) in [6, 6.07) is 15.3. The largest absolute Gasteiger partial charge is 0.399 e. The topological polar surface area (TPSA) is 47.3 Å². The van der Waals surface area contributed by atoms with Crippen LogP contribution in [0.5, 0.6) is 0 Å². The van der Waals surface area contributed by atoms with Crippen LogP contribution in [0.1, 0.15) is 34.7 Å². The highest BCUT2D eigenvalue weighted by Crippen LogP contribution is 2.32. The summed E-state index contributed by atoms with van der Waals surface area (Å²) in [7, 11) is 1.73. The zero-order valence-electron chi connectivity index (χ0n) is 12.4. The maximum atomic E-state index is 5.85. The molecule has 110 valence electrons. The van der Waals surface area contributed by atoms with Crippen molar-refractivity contribution >= 4 is 5.69 Å². The first-order valence-corrected chi connectivity index (χ1v) is 7.44. The van der Waals surface area contributed by atoms with E-state index in [0.29, 0.717) is 12.6 Å². The molecule has 2 aromatic rings. The van der Waals surface area contributed by atoms with Crippen molar-refractivity contribution in [3.05, 3.63) is 64.7 Å². The van der Waals surface area contributed by atoms with E-state index in [-0.39, 0.29) is 0 Å². The first-order valence-electron chi connectivity index (χ1n) is 7.44. The van der Waals surface area contributed by atoms with Gasteiger partial charge < -0.3 is 15.8 Å². The molecule has 3 nitrogen and oxygen atoms in total. The lowest BCUT2D eigenvalue weighted by atomic mass is 10.1. The van der Waals surface area contributed by atoms with Crippen molar-refractivity contribution in [2.45, 2.75) is 32.0 Å². The Balaban J connectivity index is 1.65. The molecule has 3 heteroatoms. The molecule has 3 N–H and O–H groups in total. The van der Waals surface area contributed by atoms with Gasteiger partial charge in [0.15, 0.2) is 0 Å². The lowest BCUT2D eigenvalue weighted by Crippen LogP contribution is -2.18. The maximum absolute atomic E-state index is 5.85. The average Bonchev–Trinajstić information content (AvgIpc) is 2.88. The number of fused-ring (bicyclic) bond motifs is 1. The second kappa shape index (κ2) is 6.29. The normalized spacial score (nSPS) is 16.9. The van der Waals surface area contributed by atoms with E-state index in [9.17, 15) is 0 Å². The van der Waals surface area contributed by atoms with E-state index in [1.54, 1.807) is 7.11 Å². The molecule has 0 saturated heterocycles. The van der Waals surface area contributed by atoms with E-state index < -0.39 is 0 Å². The molecule has 0 aliphatic heterocycles. The Bertz CT molecular complexity index is 624. The van der Waals surface area contributed by atoms with Gasteiger partial charge in [0.1, 0.15) is 0 Å². The summed E-state index contributed by atoms with van der Waals surface area (Å²) < 4.78 is 5.19. The molecule has 0 heterocycles. The molecule has 0 radical (unpaired) electrons. The van der Waals surface area contributed by atoms with Crippen LogP contribution >= 0.6 is 0 Å². The minimum atomic E-state index is 0.437. The minimum Gasteiger partial charge on any atom is -0.399 e. The van der Waals surface area contributed by atoms with Crippen LogP contribution in [0.4, 0.5) is 5.69 Å². The molecule has 2 aromatic carbocycles. The van der Waals surface area contributed by atoms with Gasteiger partial charge in [0.2, 0.25) is 0 Å². The molecule has 0 bridgehead atoms. The highest BCUT2D eigenvalue weighted by Gasteiger charge is 2.21. The van der Waals surface area contributed by atoms with Gasteiger partial charge in [-0.1, -0.05) is 30.3 Å². The quantitative estimate of drug-likeness (QED) is 0.828. The van der Waals surface area contributed by atoms with E-state index in [4.69, 9.17) is 10.5 Å². The number of aryl methyl sites for hydroxylation is 1. The minimum absolute atomic E-state index is 0.437. The van der Waals surface area contributed by atoms with E-state index in [1.165, 1.54) is 22.3 Å². The van der Waals surface area contributed by atoms with E-state index in [1.807, 2.05) is 6.07 Å². The van der Waals surface area contributed by atoms with Crippen LogP contribution in [-0.4, -0.2) is 7.11 Å². The number of nitrogen functional groups attached to an aromatic ring is 1. The smallest absolute Gasteiger partial charge is 0.0713 e. The molecule has 0 amide bonds. The summed E-state index contributed by atoms with van der Waals surface area (Å²) in [5.74, 6) is 0. The maximum Gasteiger partial charge on any atom is 0.0713 e. The van der Waals surface area contributed by atoms with Crippen LogP contribution in [0.15, 0.2) is 42.5 Å². The lowest BCUT2D eigenvalue weighted by Gasteiger charge is -2.15. The van der Waals surface area contributed by atoms with E-state index >= 15 is 0 Å². The summed E-state index contributed by atoms with van der Waals surface area (Å²) in [6.45, 7) is 1.55. The van der Waals surface area contributed by atoms with Gasteiger partial charge in [0, 0.05) is 25.4 Å².